The fourth-order valence-electron chi connectivity index (χ4n) is 3.98. The van der Waals surface area contributed by atoms with Crippen LogP contribution >= 0.6 is 0 Å². The first-order chi connectivity index (χ1) is 12.5. The Morgan fingerprint density at radius 2 is 1.96 bits per heavy atom. The number of nitrogens with zero attached hydrogens (tertiary/aromatic N) is 2. The summed E-state index contributed by atoms with van der Waals surface area (Å²) in [5.41, 5.74) is 1.03. The van der Waals surface area contributed by atoms with E-state index < -0.39 is 6.09 Å². The molecule has 1 amide bonds. The second kappa shape index (κ2) is 6.87. The third-order valence-electron chi connectivity index (χ3n) is 5.32. The molecule has 0 aliphatic carbocycles. The number of rotatable bonds is 5. The van der Waals surface area contributed by atoms with Gasteiger partial charge in [-0.3, -0.25) is 4.90 Å². The molecule has 3 heterocycles. The van der Waals surface area contributed by atoms with E-state index >= 15 is 0 Å². The minimum Gasteiger partial charge on any atom is -0.444 e. The highest BCUT2D eigenvalue weighted by Gasteiger charge is 2.36. The summed E-state index contributed by atoms with van der Waals surface area (Å²) in [6, 6.07) is 4.87. The lowest BCUT2D eigenvalue weighted by Gasteiger charge is -2.34. The van der Waals surface area contributed by atoms with Crippen LogP contribution in [0.4, 0.5) is 20.6 Å². The molecule has 3 atom stereocenters. The largest absolute Gasteiger partial charge is 0.444 e. The molecule has 3 aliphatic heterocycles. The maximum absolute atomic E-state index is 14.7. The number of fused-ring (bicyclic) bond motifs is 2. The van der Waals surface area contributed by atoms with Crippen molar-refractivity contribution in [3.8, 4) is 0 Å². The second-order valence-corrected chi connectivity index (χ2v) is 7.36. The molecule has 0 spiro atoms. The summed E-state index contributed by atoms with van der Waals surface area (Å²) in [5, 5.41) is 0. The van der Waals surface area contributed by atoms with Gasteiger partial charge in [0.25, 0.3) is 0 Å². The zero-order valence-corrected chi connectivity index (χ0v) is 14.8. The van der Waals surface area contributed by atoms with Crippen molar-refractivity contribution < 1.29 is 23.5 Å². The van der Waals surface area contributed by atoms with Gasteiger partial charge in [0.2, 0.25) is 0 Å². The molecule has 0 aromatic heterocycles. The summed E-state index contributed by atoms with van der Waals surface area (Å²) in [4.78, 5) is 26.7. The summed E-state index contributed by atoms with van der Waals surface area (Å²) in [6.07, 6.45) is 2.48. The molecule has 2 unspecified atom stereocenters. The summed E-state index contributed by atoms with van der Waals surface area (Å²) in [6.45, 7) is 3.25. The highest BCUT2D eigenvalue weighted by Crippen LogP contribution is 2.33. The first-order valence-corrected chi connectivity index (χ1v) is 9.17. The van der Waals surface area contributed by atoms with Crippen molar-refractivity contribution >= 4 is 23.3 Å². The monoisotopic (exact) mass is 362 g/mol. The number of carbonyl (C=O) groups excluding carboxylic acids is 2. The Hall–Kier alpha value is -2.15. The normalized spacial score (nSPS) is 27.8. The number of Topliss-reactive ketones (excluding diaryl/α,β-unsaturated/α-hetero) is 1. The van der Waals surface area contributed by atoms with E-state index in [0.717, 1.165) is 12.8 Å². The number of amides is 1. The molecule has 2 bridgehead atoms. The van der Waals surface area contributed by atoms with Crippen LogP contribution in [0.5, 0.6) is 0 Å². The van der Waals surface area contributed by atoms with Crippen molar-refractivity contribution in [1.29, 1.82) is 0 Å². The molecule has 4 rings (SSSR count). The van der Waals surface area contributed by atoms with E-state index in [-0.39, 0.29) is 29.9 Å². The first-order valence-electron chi connectivity index (χ1n) is 9.17. The van der Waals surface area contributed by atoms with Gasteiger partial charge < -0.3 is 19.2 Å². The lowest BCUT2D eigenvalue weighted by atomic mass is 10.1. The maximum atomic E-state index is 14.7. The Kier molecular flexibility index (Phi) is 4.56. The Morgan fingerprint density at radius 3 is 2.62 bits per heavy atom. The fraction of sp³-hybridized carbons (Fsp3) is 0.579. The third-order valence-corrected chi connectivity index (χ3v) is 5.32. The van der Waals surface area contributed by atoms with Crippen molar-refractivity contribution in [2.24, 2.45) is 0 Å². The van der Waals surface area contributed by atoms with Crippen molar-refractivity contribution in [1.82, 2.24) is 0 Å². The highest BCUT2D eigenvalue weighted by atomic mass is 19.1. The van der Waals surface area contributed by atoms with Crippen LogP contribution in [0, 0.1) is 5.82 Å². The van der Waals surface area contributed by atoms with E-state index in [0.29, 0.717) is 43.9 Å². The topological polar surface area (TPSA) is 59.1 Å². The van der Waals surface area contributed by atoms with Crippen LogP contribution in [-0.4, -0.2) is 49.8 Å². The van der Waals surface area contributed by atoms with Crippen LogP contribution in [0.1, 0.15) is 32.6 Å². The summed E-state index contributed by atoms with van der Waals surface area (Å²) in [5.74, 6) is -0.279. The van der Waals surface area contributed by atoms with Gasteiger partial charge in [-0.15, -0.1) is 0 Å². The Morgan fingerprint density at radius 1 is 1.23 bits per heavy atom. The van der Waals surface area contributed by atoms with Gasteiger partial charge in [-0.05, 0) is 44.4 Å². The molecule has 3 aliphatic rings. The van der Waals surface area contributed by atoms with E-state index in [9.17, 15) is 14.0 Å². The van der Waals surface area contributed by atoms with Crippen LogP contribution in [0.2, 0.25) is 0 Å². The molecule has 1 aromatic carbocycles. The number of hydrogen-bond donors (Lipinski definition) is 0. The minimum atomic E-state index is -0.491. The Labute approximate surface area is 151 Å². The molecule has 0 radical (unpaired) electrons. The molecule has 1 aromatic rings. The number of carbonyl (C=O) groups is 2. The molecular weight excluding hydrogens is 339 g/mol. The molecule has 3 fully saturated rings. The molecule has 3 saturated heterocycles. The average Bonchev–Trinajstić information content (AvgIpc) is 3.14. The van der Waals surface area contributed by atoms with E-state index in [1.54, 1.807) is 12.1 Å². The molecular formula is C19H23FN2O4. The number of halogens is 1. The van der Waals surface area contributed by atoms with E-state index in [2.05, 4.69) is 0 Å². The quantitative estimate of drug-likeness (QED) is 0.806. The molecule has 6 nitrogen and oxygen atoms in total. The molecule has 0 saturated carbocycles. The maximum Gasteiger partial charge on any atom is 0.414 e. The predicted molar refractivity (Wildman–Crippen MR) is 94.0 cm³/mol. The van der Waals surface area contributed by atoms with Gasteiger partial charge in [0.05, 0.1) is 30.1 Å². The third kappa shape index (κ3) is 3.40. The SMILES string of the molecule is CC(=O)CC[C@H]1CN(c2ccc(N3CC4CCC(C3)O4)c(F)c2)C(=O)O1. The fourth-order valence-corrected chi connectivity index (χ4v) is 3.98. The number of ether oxygens (including phenoxy) is 2. The van der Waals surface area contributed by atoms with E-state index in [1.165, 1.54) is 17.9 Å². The number of hydrogen-bond acceptors (Lipinski definition) is 5. The second-order valence-electron chi connectivity index (χ2n) is 7.36. The van der Waals surface area contributed by atoms with Gasteiger partial charge in [-0.1, -0.05) is 0 Å². The van der Waals surface area contributed by atoms with Crippen molar-refractivity contribution in [2.45, 2.75) is 50.9 Å². The lowest BCUT2D eigenvalue weighted by molar-refractivity contribution is -0.117. The molecule has 0 N–H and O–H groups in total. The number of anilines is 2. The van der Waals surface area contributed by atoms with Crippen LogP contribution in [-0.2, 0) is 14.3 Å². The van der Waals surface area contributed by atoms with Crippen molar-refractivity contribution in [3.05, 3.63) is 24.0 Å². The smallest absolute Gasteiger partial charge is 0.414 e. The van der Waals surface area contributed by atoms with Gasteiger partial charge >= 0.3 is 6.09 Å². The van der Waals surface area contributed by atoms with Crippen LogP contribution in [0.15, 0.2) is 18.2 Å². The Balaban J connectivity index is 1.46. The predicted octanol–water partition coefficient (Wildman–Crippen LogP) is 2.89. The van der Waals surface area contributed by atoms with E-state index in [4.69, 9.17) is 9.47 Å². The van der Waals surface area contributed by atoms with Crippen LogP contribution < -0.4 is 9.80 Å². The lowest BCUT2D eigenvalue weighted by Crippen LogP contribution is -2.43. The number of cyclic esters (lactones) is 1. The zero-order valence-electron chi connectivity index (χ0n) is 14.8. The molecule has 7 heteroatoms. The van der Waals surface area contributed by atoms with Gasteiger partial charge in [0.1, 0.15) is 17.7 Å². The average molecular weight is 362 g/mol. The zero-order chi connectivity index (χ0) is 18.3. The number of morpholine rings is 1. The minimum absolute atomic E-state index is 0.0642. The van der Waals surface area contributed by atoms with Crippen LogP contribution in [0.3, 0.4) is 0 Å². The van der Waals surface area contributed by atoms with Gasteiger partial charge in [0, 0.05) is 19.5 Å². The highest BCUT2D eigenvalue weighted by molar-refractivity contribution is 5.90. The summed E-state index contributed by atoms with van der Waals surface area (Å²) >= 11 is 0. The Bertz CT molecular complexity index is 713. The molecule has 140 valence electrons. The molecule has 26 heavy (non-hydrogen) atoms. The van der Waals surface area contributed by atoms with E-state index in [1.807, 2.05) is 4.90 Å². The first kappa shape index (κ1) is 17.3. The van der Waals surface area contributed by atoms with Crippen LogP contribution in [0.25, 0.3) is 0 Å². The van der Waals surface area contributed by atoms with Gasteiger partial charge in [-0.25, -0.2) is 9.18 Å². The number of ketones is 1. The van der Waals surface area contributed by atoms with Crippen molar-refractivity contribution in [2.75, 3.05) is 29.4 Å². The summed E-state index contributed by atoms with van der Waals surface area (Å²) in [7, 11) is 0. The van der Waals surface area contributed by atoms with Gasteiger partial charge in [-0.2, -0.15) is 0 Å². The summed E-state index contributed by atoms with van der Waals surface area (Å²) < 4.78 is 25.8. The van der Waals surface area contributed by atoms with Gasteiger partial charge in [0.15, 0.2) is 0 Å². The standard InChI is InChI=1S/C19H23FN2O4/c1-12(23)2-4-16-11-22(19(24)26-16)13-3-7-18(17(20)8-13)21-9-14-5-6-15(10-21)25-14/h3,7-8,14-16H,2,4-6,9-11H2,1H3/t14?,15?,16-/m0/s1. The van der Waals surface area contributed by atoms with Crippen molar-refractivity contribution in [3.63, 3.8) is 0 Å². The number of benzene rings is 1.